The van der Waals surface area contributed by atoms with Crippen molar-refractivity contribution < 1.29 is 0 Å². The Kier molecular flexibility index (Phi) is 3.89. The minimum absolute atomic E-state index is 0.0327. The minimum atomic E-state index is 0.0327. The molecule has 0 aliphatic carbocycles. The van der Waals surface area contributed by atoms with Crippen molar-refractivity contribution in [3.05, 3.63) is 24.0 Å². The van der Waals surface area contributed by atoms with Crippen LogP contribution in [0.3, 0.4) is 0 Å². The standard InChI is InChI=1S/C12H18N4S/c1-2-10-8-16(5-6-17-10)9-3-4-15-11(7-9)12(13)14/h3-4,7,10H,2,5-6,8H2,1H3,(H3,13,14). The zero-order chi connectivity index (χ0) is 12.3. The summed E-state index contributed by atoms with van der Waals surface area (Å²) in [6, 6.07) is 3.90. The molecule has 0 bridgehead atoms. The van der Waals surface area contributed by atoms with Crippen molar-refractivity contribution in [2.45, 2.75) is 18.6 Å². The van der Waals surface area contributed by atoms with Gasteiger partial charge in [-0.3, -0.25) is 10.4 Å². The molecule has 0 radical (unpaired) electrons. The summed E-state index contributed by atoms with van der Waals surface area (Å²) in [6.07, 6.45) is 2.93. The molecule has 17 heavy (non-hydrogen) atoms. The first-order chi connectivity index (χ1) is 8.20. The molecule has 1 saturated heterocycles. The Morgan fingerprint density at radius 1 is 1.71 bits per heavy atom. The van der Waals surface area contributed by atoms with Crippen LogP contribution in [0.25, 0.3) is 0 Å². The van der Waals surface area contributed by atoms with Gasteiger partial charge in [0.15, 0.2) is 0 Å². The summed E-state index contributed by atoms with van der Waals surface area (Å²) in [6.45, 7) is 4.36. The monoisotopic (exact) mass is 250 g/mol. The van der Waals surface area contributed by atoms with Crippen LogP contribution < -0.4 is 10.6 Å². The van der Waals surface area contributed by atoms with E-state index in [2.05, 4.69) is 16.8 Å². The van der Waals surface area contributed by atoms with Crippen LogP contribution in [-0.4, -0.2) is 34.9 Å². The van der Waals surface area contributed by atoms with E-state index in [0.29, 0.717) is 10.9 Å². The smallest absolute Gasteiger partial charge is 0.141 e. The molecule has 3 N–H and O–H groups in total. The van der Waals surface area contributed by atoms with Gasteiger partial charge in [0.2, 0.25) is 0 Å². The Morgan fingerprint density at radius 2 is 2.53 bits per heavy atom. The number of hydrogen-bond acceptors (Lipinski definition) is 4. The molecule has 1 aliphatic rings. The number of nitrogen functional groups attached to an aromatic ring is 1. The third-order valence-corrected chi connectivity index (χ3v) is 4.35. The van der Waals surface area contributed by atoms with E-state index in [1.165, 1.54) is 6.42 Å². The number of rotatable bonds is 3. The molecule has 1 unspecified atom stereocenters. The molecule has 1 fully saturated rings. The van der Waals surface area contributed by atoms with Crippen LogP contribution in [0.5, 0.6) is 0 Å². The van der Waals surface area contributed by atoms with Crippen LogP contribution in [0, 0.1) is 5.41 Å². The highest BCUT2D eigenvalue weighted by Crippen LogP contribution is 2.25. The van der Waals surface area contributed by atoms with Crippen molar-refractivity contribution in [2.75, 3.05) is 23.7 Å². The summed E-state index contributed by atoms with van der Waals surface area (Å²) < 4.78 is 0. The van der Waals surface area contributed by atoms with E-state index in [-0.39, 0.29) is 5.84 Å². The predicted octanol–water partition coefficient (Wildman–Crippen LogP) is 1.70. The number of amidine groups is 1. The van der Waals surface area contributed by atoms with Crippen molar-refractivity contribution in [3.8, 4) is 0 Å². The molecule has 0 spiro atoms. The lowest BCUT2D eigenvalue weighted by molar-refractivity contribution is 0.728. The van der Waals surface area contributed by atoms with Gasteiger partial charge in [0.25, 0.3) is 0 Å². The van der Waals surface area contributed by atoms with Gasteiger partial charge in [-0.25, -0.2) is 0 Å². The number of anilines is 1. The van der Waals surface area contributed by atoms with Crippen LogP contribution in [0.4, 0.5) is 5.69 Å². The van der Waals surface area contributed by atoms with Crippen LogP contribution in [-0.2, 0) is 0 Å². The van der Waals surface area contributed by atoms with Crippen molar-refractivity contribution in [1.82, 2.24) is 4.98 Å². The zero-order valence-corrected chi connectivity index (χ0v) is 10.8. The summed E-state index contributed by atoms with van der Waals surface area (Å²) >= 11 is 2.05. The Balaban J connectivity index is 2.16. The third-order valence-electron chi connectivity index (χ3n) is 2.98. The third kappa shape index (κ3) is 2.91. The Labute approximate surface area is 106 Å². The first-order valence-electron chi connectivity index (χ1n) is 5.87. The molecule has 1 aromatic heterocycles. The van der Waals surface area contributed by atoms with Gasteiger partial charge in [-0.2, -0.15) is 11.8 Å². The fourth-order valence-corrected chi connectivity index (χ4v) is 3.14. The topological polar surface area (TPSA) is 66.0 Å². The van der Waals surface area contributed by atoms with Gasteiger partial charge >= 0.3 is 0 Å². The second-order valence-electron chi connectivity index (χ2n) is 4.16. The summed E-state index contributed by atoms with van der Waals surface area (Å²) in [7, 11) is 0. The fourth-order valence-electron chi connectivity index (χ4n) is 1.96. The molecule has 0 amide bonds. The largest absolute Gasteiger partial charge is 0.382 e. The number of nitrogens with one attached hydrogen (secondary N) is 1. The van der Waals surface area contributed by atoms with Gasteiger partial charge in [-0.15, -0.1) is 0 Å². The first kappa shape index (κ1) is 12.2. The zero-order valence-electron chi connectivity index (χ0n) is 10.0. The van der Waals surface area contributed by atoms with Gasteiger partial charge < -0.3 is 10.6 Å². The number of nitrogens with two attached hydrogens (primary N) is 1. The molecule has 92 valence electrons. The summed E-state index contributed by atoms with van der Waals surface area (Å²) in [4.78, 5) is 6.45. The minimum Gasteiger partial charge on any atom is -0.382 e. The normalized spacial score (nSPS) is 20.3. The van der Waals surface area contributed by atoms with Crippen molar-refractivity contribution >= 4 is 23.3 Å². The van der Waals surface area contributed by atoms with Crippen molar-refractivity contribution in [2.24, 2.45) is 5.73 Å². The maximum absolute atomic E-state index is 7.41. The molecule has 2 rings (SSSR count). The first-order valence-corrected chi connectivity index (χ1v) is 6.92. The van der Waals surface area contributed by atoms with E-state index in [4.69, 9.17) is 11.1 Å². The van der Waals surface area contributed by atoms with E-state index in [1.54, 1.807) is 6.20 Å². The number of hydrogen-bond donors (Lipinski definition) is 2. The Morgan fingerprint density at radius 3 is 3.24 bits per heavy atom. The Bertz CT molecular complexity index is 407. The molecule has 0 aromatic carbocycles. The number of pyridine rings is 1. The van der Waals surface area contributed by atoms with Crippen molar-refractivity contribution in [3.63, 3.8) is 0 Å². The lowest BCUT2D eigenvalue weighted by atomic mass is 10.2. The average molecular weight is 250 g/mol. The molecule has 1 atom stereocenters. The van der Waals surface area contributed by atoms with Crippen LogP contribution in [0.1, 0.15) is 19.0 Å². The summed E-state index contributed by atoms with van der Waals surface area (Å²) in [5.74, 6) is 1.20. The van der Waals surface area contributed by atoms with E-state index in [0.717, 1.165) is 24.5 Å². The van der Waals surface area contributed by atoms with Gasteiger partial charge in [0.05, 0.1) is 0 Å². The lowest BCUT2D eigenvalue weighted by Gasteiger charge is -2.33. The highest BCUT2D eigenvalue weighted by molar-refractivity contribution is 8.00. The molecule has 1 aromatic rings. The molecule has 4 nitrogen and oxygen atoms in total. The molecule has 0 saturated carbocycles. The molecular formula is C12H18N4S. The number of aromatic nitrogens is 1. The Hall–Kier alpha value is -1.23. The average Bonchev–Trinajstić information content (AvgIpc) is 2.39. The highest BCUT2D eigenvalue weighted by atomic mass is 32.2. The van der Waals surface area contributed by atoms with Crippen LogP contribution in [0.15, 0.2) is 18.3 Å². The SMILES string of the molecule is CCC1CN(c2ccnc(C(=N)N)c2)CCS1. The van der Waals surface area contributed by atoms with Gasteiger partial charge in [0.1, 0.15) is 11.5 Å². The fraction of sp³-hybridized carbons (Fsp3) is 0.500. The molecule has 1 aliphatic heterocycles. The van der Waals surface area contributed by atoms with Crippen LogP contribution >= 0.6 is 11.8 Å². The predicted molar refractivity (Wildman–Crippen MR) is 74.0 cm³/mol. The highest BCUT2D eigenvalue weighted by Gasteiger charge is 2.19. The molecule has 5 heteroatoms. The van der Waals surface area contributed by atoms with Crippen LogP contribution in [0.2, 0.25) is 0 Å². The van der Waals surface area contributed by atoms with Crippen molar-refractivity contribution in [1.29, 1.82) is 5.41 Å². The lowest BCUT2D eigenvalue weighted by Crippen LogP contribution is -2.37. The van der Waals surface area contributed by atoms with E-state index >= 15 is 0 Å². The maximum atomic E-state index is 7.41. The van der Waals surface area contributed by atoms with E-state index in [1.807, 2.05) is 23.9 Å². The van der Waals surface area contributed by atoms with E-state index in [9.17, 15) is 0 Å². The summed E-state index contributed by atoms with van der Waals surface area (Å²) in [5, 5.41) is 8.12. The summed E-state index contributed by atoms with van der Waals surface area (Å²) in [5.41, 5.74) is 7.16. The maximum Gasteiger partial charge on any atom is 0.141 e. The van der Waals surface area contributed by atoms with E-state index < -0.39 is 0 Å². The second kappa shape index (κ2) is 5.40. The molecular weight excluding hydrogens is 232 g/mol. The second-order valence-corrected chi connectivity index (χ2v) is 5.57. The van der Waals surface area contributed by atoms with Gasteiger partial charge in [-0.05, 0) is 18.6 Å². The van der Waals surface area contributed by atoms with Gasteiger partial charge in [-0.1, -0.05) is 6.92 Å². The molecule has 2 heterocycles. The quantitative estimate of drug-likeness (QED) is 0.633. The number of thioether (sulfide) groups is 1. The van der Waals surface area contributed by atoms with Gasteiger partial charge in [0, 0.05) is 36.0 Å². The number of nitrogens with zero attached hydrogens (tertiary/aromatic N) is 2.